The molecule has 2 fully saturated rings. The SMILES string of the molecule is CC(C)Oc1cc(OC(C)C)c(S(OS(=O)(=O)CC23CCC(CC2=O)C3(C)C)(c2ccccc2)c2c(OC(C)C)cc(OC(C)C)cc2OC(C)C)c(OC(C)C)c1. The number of rotatable bonds is 19. The van der Waals surface area contributed by atoms with E-state index >= 15 is 8.42 Å². The highest BCUT2D eigenvalue weighted by Crippen LogP contribution is 2.78. The molecule has 0 saturated heterocycles. The van der Waals surface area contributed by atoms with E-state index in [4.69, 9.17) is 32.1 Å². The minimum atomic E-state index is -4.62. The molecule has 0 N–H and O–H groups in total. The smallest absolute Gasteiger partial charge is 0.278 e. The first-order chi connectivity index (χ1) is 27.0. The summed E-state index contributed by atoms with van der Waals surface area (Å²) in [7, 11) is -8.24. The fourth-order valence-corrected chi connectivity index (χ4v) is 14.7. The minimum absolute atomic E-state index is 0.0352. The molecule has 0 aliphatic heterocycles. The van der Waals surface area contributed by atoms with Crippen LogP contribution in [0.1, 0.15) is 116 Å². The van der Waals surface area contributed by atoms with E-state index < -0.39 is 37.0 Å². The van der Waals surface area contributed by atoms with Crippen LogP contribution in [0.5, 0.6) is 34.5 Å². The molecule has 3 aromatic carbocycles. The van der Waals surface area contributed by atoms with Gasteiger partial charge in [-0.1, -0.05) is 32.0 Å². The van der Waals surface area contributed by atoms with E-state index in [2.05, 4.69) is 0 Å². The maximum absolute atomic E-state index is 15.5. The molecule has 12 heteroatoms. The van der Waals surface area contributed by atoms with Crippen LogP contribution in [0.3, 0.4) is 0 Å². The first-order valence-electron chi connectivity index (χ1n) is 20.7. The van der Waals surface area contributed by atoms with Crippen LogP contribution in [-0.2, 0) is 18.5 Å². The second-order valence-electron chi connectivity index (χ2n) is 17.8. The average molecular weight is 843 g/mol. The van der Waals surface area contributed by atoms with Crippen molar-refractivity contribution in [2.75, 3.05) is 5.75 Å². The van der Waals surface area contributed by atoms with Gasteiger partial charge in [-0.05, 0) is 130 Å². The van der Waals surface area contributed by atoms with Crippen LogP contribution in [0.15, 0.2) is 69.3 Å². The molecule has 10 nitrogen and oxygen atoms in total. The van der Waals surface area contributed by atoms with E-state index in [1.165, 1.54) is 0 Å². The fraction of sp³-hybridized carbons (Fsp3) is 0.587. The van der Waals surface area contributed by atoms with Gasteiger partial charge in [0.2, 0.25) is 0 Å². The highest BCUT2D eigenvalue weighted by atomic mass is 32.3. The predicted octanol–water partition coefficient (Wildman–Crippen LogP) is 11.3. The number of hydrogen-bond donors (Lipinski definition) is 0. The van der Waals surface area contributed by atoms with Crippen LogP contribution in [-0.4, -0.2) is 56.6 Å². The van der Waals surface area contributed by atoms with Gasteiger partial charge in [-0.15, -0.1) is 0 Å². The Bertz CT molecular complexity index is 1880. The standard InChI is InChI=1S/C46H66O10S2/c1-28(2)50-35-23-38(52-30(5)6)43(39(24-35)53-31(7)8)58(37-18-16-15-17-19-37,56-57(48,49)27-46-21-20-34(22-42(46)47)45(46,13)14)44-40(54-32(9)10)25-36(51-29(3)4)26-41(44)55-33(11)12/h15-19,23-26,28-34H,20-22,27H2,1-14H3. The van der Waals surface area contributed by atoms with Crippen molar-refractivity contribution in [2.45, 2.75) is 168 Å². The van der Waals surface area contributed by atoms with Crippen molar-refractivity contribution < 1.29 is 45.3 Å². The number of fused-ring (bicyclic) bond motifs is 2. The van der Waals surface area contributed by atoms with Gasteiger partial charge in [0.05, 0.1) is 47.8 Å². The van der Waals surface area contributed by atoms with Crippen molar-refractivity contribution in [2.24, 2.45) is 16.7 Å². The lowest BCUT2D eigenvalue weighted by Crippen LogP contribution is -2.42. The lowest BCUT2D eigenvalue weighted by Gasteiger charge is -2.44. The average Bonchev–Trinajstić information content (AvgIpc) is 3.40. The predicted molar refractivity (Wildman–Crippen MR) is 230 cm³/mol. The summed E-state index contributed by atoms with van der Waals surface area (Å²) < 4.78 is 77.7. The first-order valence-corrected chi connectivity index (χ1v) is 23.9. The van der Waals surface area contributed by atoms with Crippen LogP contribution in [0.2, 0.25) is 0 Å². The Hall–Kier alpha value is -3.61. The van der Waals surface area contributed by atoms with Crippen molar-refractivity contribution in [3.8, 4) is 34.5 Å². The summed E-state index contributed by atoms with van der Waals surface area (Å²) in [6, 6.07) is 16.4. The molecule has 322 valence electrons. The topological polar surface area (TPSA) is 116 Å². The van der Waals surface area contributed by atoms with Gasteiger partial charge < -0.3 is 28.4 Å². The Labute approximate surface area is 349 Å². The Morgan fingerprint density at radius 2 is 0.983 bits per heavy atom. The van der Waals surface area contributed by atoms with Gasteiger partial charge in [-0.25, -0.2) is 3.63 Å². The number of carbonyl (C=O) groups excluding carboxylic acids is 1. The Morgan fingerprint density at radius 3 is 1.29 bits per heavy atom. The van der Waals surface area contributed by atoms with Crippen molar-refractivity contribution in [3.05, 3.63) is 54.6 Å². The Morgan fingerprint density at radius 1 is 0.603 bits per heavy atom. The summed E-state index contributed by atoms with van der Waals surface area (Å²) in [6.45, 7) is 27.0. The maximum atomic E-state index is 15.5. The molecule has 2 aliphatic carbocycles. The maximum Gasteiger partial charge on any atom is 0.278 e. The minimum Gasteiger partial charge on any atom is -0.491 e. The molecule has 0 aromatic heterocycles. The number of ketones is 1. The molecule has 0 spiro atoms. The first kappa shape index (κ1) is 45.5. The Kier molecular flexibility index (Phi) is 13.8. The lowest BCUT2D eigenvalue weighted by atomic mass is 9.70. The van der Waals surface area contributed by atoms with E-state index in [-0.39, 0.29) is 48.3 Å². The highest BCUT2D eigenvalue weighted by molar-refractivity contribution is 8.33. The molecule has 2 atom stereocenters. The lowest BCUT2D eigenvalue weighted by molar-refractivity contribution is -0.128. The van der Waals surface area contributed by atoms with Crippen LogP contribution >= 0.6 is 10.3 Å². The Balaban J connectivity index is 2.04. The van der Waals surface area contributed by atoms with Gasteiger partial charge in [0, 0.05) is 35.6 Å². The summed E-state index contributed by atoms with van der Waals surface area (Å²) in [4.78, 5) is 15.2. The second-order valence-corrected chi connectivity index (χ2v) is 22.2. The van der Waals surface area contributed by atoms with Gasteiger partial charge in [0.15, 0.2) is 0 Å². The summed E-state index contributed by atoms with van der Waals surface area (Å²) in [5.41, 5.74) is -1.67. The van der Waals surface area contributed by atoms with Crippen LogP contribution in [0.25, 0.3) is 0 Å². The van der Waals surface area contributed by atoms with Crippen molar-refractivity contribution in [3.63, 3.8) is 0 Å². The third-order valence-electron chi connectivity index (χ3n) is 10.6. The summed E-state index contributed by atoms with van der Waals surface area (Å²) >= 11 is 0. The summed E-state index contributed by atoms with van der Waals surface area (Å²) in [5.74, 6) is 1.75. The number of benzene rings is 3. The van der Waals surface area contributed by atoms with Crippen LogP contribution in [0, 0.1) is 16.7 Å². The molecule has 0 radical (unpaired) electrons. The number of ether oxygens (including phenoxy) is 6. The van der Waals surface area contributed by atoms with Crippen LogP contribution < -0.4 is 28.4 Å². The zero-order chi connectivity index (χ0) is 43.0. The van der Waals surface area contributed by atoms with Gasteiger partial charge in [-0.3, -0.25) is 4.79 Å². The quantitative estimate of drug-likeness (QED) is 0.115. The number of Topliss-reactive ketones (excluding diaryl/α,β-unsaturated/α-hetero) is 1. The zero-order valence-corrected chi connectivity index (χ0v) is 38.6. The molecule has 5 rings (SSSR count). The van der Waals surface area contributed by atoms with E-state index in [9.17, 15) is 4.79 Å². The molecule has 2 unspecified atom stereocenters. The number of carbonyl (C=O) groups is 1. The molecule has 0 amide bonds. The van der Waals surface area contributed by atoms with Gasteiger partial charge >= 0.3 is 0 Å². The largest absolute Gasteiger partial charge is 0.491 e. The third-order valence-corrected chi connectivity index (χ3v) is 16.0. The fourth-order valence-electron chi connectivity index (χ4n) is 8.36. The van der Waals surface area contributed by atoms with E-state index in [1.54, 1.807) is 24.3 Å². The molecule has 2 aliphatic rings. The van der Waals surface area contributed by atoms with Gasteiger partial charge in [0.25, 0.3) is 10.1 Å². The third kappa shape index (κ3) is 9.39. The van der Waals surface area contributed by atoms with Gasteiger partial charge in [-0.2, -0.15) is 8.42 Å². The second kappa shape index (κ2) is 17.5. The van der Waals surface area contributed by atoms with Crippen molar-refractivity contribution in [1.82, 2.24) is 0 Å². The molecule has 2 bridgehead atoms. The van der Waals surface area contributed by atoms with Crippen LogP contribution in [0.4, 0.5) is 0 Å². The van der Waals surface area contributed by atoms with E-state index in [0.717, 1.165) is 6.42 Å². The molecule has 2 saturated carbocycles. The van der Waals surface area contributed by atoms with Gasteiger partial charge in [0.1, 0.15) is 50.1 Å². The summed E-state index contributed by atoms with van der Waals surface area (Å²) in [6.07, 6.45) is -0.256. The van der Waals surface area contributed by atoms with E-state index in [1.807, 2.05) is 127 Å². The summed E-state index contributed by atoms with van der Waals surface area (Å²) in [5, 5.41) is 0. The van der Waals surface area contributed by atoms with Crippen molar-refractivity contribution >= 4 is 26.2 Å². The van der Waals surface area contributed by atoms with E-state index in [0.29, 0.717) is 62.0 Å². The molecular weight excluding hydrogens is 777 g/mol. The molecular formula is C46H66O10S2. The molecule has 3 aromatic rings. The number of hydrogen-bond acceptors (Lipinski definition) is 10. The zero-order valence-electron chi connectivity index (χ0n) is 37.0. The van der Waals surface area contributed by atoms with Crippen molar-refractivity contribution in [1.29, 1.82) is 0 Å². The monoisotopic (exact) mass is 842 g/mol. The highest BCUT2D eigenvalue weighted by Gasteiger charge is 2.66. The normalized spacial score (nSPS) is 19.5. The molecule has 0 heterocycles. The molecule has 58 heavy (non-hydrogen) atoms.